The second-order valence-electron chi connectivity index (χ2n) is 4.88. The number of nitrogens with zero attached hydrogens (tertiary/aromatic N) is 1. The zero-order valence-corrected chi connectivity index (χ0v) is 8.66. The second-order valence-corrected chi connectivity index (χ2v) is 4.88. The van der Waals surface area contributed by atoms with Crippen molar-refractivity contribution in [1.82, 2.24) is 4.90 Å². The lowest BCUT2D eigenvalue weighted by Crippen LogP contribution is -2.54. The van der Waals surface area contributed by atoms with Crippen LogP contribution in [0.4, 0.5) is 0 Å². The molecule has 3 aliphatic rings. The Bertz CT molecular complexity index is 278. The van der Waals surface area contributed by atoms with Crippen LogP contribution >= 0.6 is 0 Å². The van der Waals surface area contributed by atoms with E-state index in [1.807, 2.05) is 0 Å². The molecule has 14 heavy (non-hydrogen) atoms. The molecule has 3 nitrogen and oxygen atoms in total. The largest absolute Gasteiger partial charge is 0.468 e. The summed E-state index contributed by atoms with van der Waals surface area (Å²) in [5.74, 6) is 0.615. The molecule has 78 valence electrons. The summed E-state index contributed by atoms with van der Waals surface area (Å²) in [6, 6.07) is 0.682. The Labute approximate surface area is 84.4 Å². The van der Waals surface area contributed by atoms with E-state index < -0.39 is 0 Å². The number of carbonyl (C=O) groups excluding carboxylic acids is 1. The molecule has 0 N–H and O–H groups in total. The monoisotopic (exact) mass is 195 g/mol. The average Bonchev–Trinajstić information content (AvgIpc) is 2.87. The third-order valence-electron chi connectivity index (χ3n) is 4.53. The number of methoxy groups -OCH3 is 1. The SMILES string of the molecule is COC(=O)C12CCCN1C1CCC2C1. The van der Waals surface area contributed by atoms with Crippen molar-refractivity contribution >= 4 is 5.97 Å². The second kappa shape index (κ2) is 2.72. The first-order valence-corrected chi connectivity index (χ1v) is 5.64. The number of fused-ring (bicyclic) bond motifs is 5. The highest BCUT2D eigenvalue weighted by Crippen LogP contribution is 2.54. The molecule has 3 atom stereocenters. The van der Waals surface area contributed by atoms with Gasteiger partial charge in [0.05, 0.1) is 7.11 Å². The van der Waals surface area contributed by atoms with Crippen LogP contribution in [0.25, 0.3) is 0 Å². The first-order valence-electron chi connectivity index (χ1n) is 5.64. The topological polar surface area (TPSA) is 29.5 Å². The van der Waals surface area contributed by atoms with E-state index in [0.717, 1.165) is 13.0 Å². The quantitative estimate of drug-likeness (QED) is 0.588. The van der Waals surface area contributed by atoms with Crippen LogP contribution in [0.5, 0.6) is 0 Å². The summed E-state index contributed by atoms with van der Waals surface area (Å²) in [6.07, 6.45) is 5.96. The summed E-state index contributed by atoms with van der Waals surface area (Å²) >= 11 is 0. The zero-order chi connectivity index (χ0) is 9.76. The van der Waals surface area contributed by atoms with E-state index in [-0.39, 0.29) is 11.5 Å². The molecule has 2 heterocycles. The molecule has 3 rings (SSSR count). The van der Waals surface area contributed by atoms with Gasteiger partial charge in [-0.05, 0) is 44.6 Å². The number of carbonyl (C=O) groups is 1. The highest BCUT2D eigenvalue weighted by atomic mass is 16.5. The molecule has 2 aliphatic heterocycles. The van der Waals surface area contributed by atoms with E-state index in [2.05, 4.69) is 4.90 Å². The van der Waals surface area contributed by atoms with Crippen molar-refractivity contribution in [3.05, 3.63) is 0 Å². The third kappa shape index (κ3) is 0.800. The normalized spacial score (nSPS) is 45.5. The first kappa shape index (κ1) is 8.72. The molecule has 0 amide bonds. The highest BCUT2D eigenvalue weighted by molar-refractivity contribution is 5.82. The molecule has 3 heteroatoms. The summed E-state index contributed by atoms with van der Waals surface area (Å²) in [5, 5.41) is 0. The summed E-state index contributed by atoms with van der Waals surface area (Å²) in [6.45, 7) is 1.11. The van der Waals surface area contributed by atoms with E-state index in [1.54, 1.807) is 0 Å². The van der Waals surface area contributed by atoms with Gasteiger partial charge in [0.2, 0.25) is 0 Å². The Morgan fingerprint density at radius 3 is 3.14 bits per heavy atom. The fourth-order valence-corrected chi connectivity index (χ4v) is 4.05. The van der Waals surface area contributed by atoms with Gasteiger partial charge < -0.3 is 4.74 Å². The summed E-state index contributed by atoms with van der Waals surface area (Å²) in [7, 11) is 1.53. The van der Waals surface area contributed by atoms with Crippen LogP contribution in [0.3, 0.4) is 0 Å². The van der Waals surface area contributed by atoms with Crippen molar-refractivity contribution in [3.8, 4) is 0 Å². The molecule has 0 radical (unpaired) electrons. The Kier molecular flexibility index (Phi) is 1.69. The summed E-state index contributed by atoms with van der Waals surface area (Å²) < 4.78 is 5.01. The minimum atomic E-state index is -0.197. The van der Waals surface area contributed by atoms with Crippen LogP contribution in [0.2, 0.25) is 0 Å². The van der Waals surface area contributed by atoms with Gasteiger partial charge in [-0.3, -0.25) is 9.69 Å². The van der Waals surface area contributed by atoms with E-state index >= 15 is 0 Å². The van der Waals surface area contributed by atoms with Crippen molar-refractivity contribution in [2.45, 2.75) is 43.7 Å². The maximum Gasteiger partial charge on any atom is 0.326 e. The smallest absolute Gasteiger partial charge is 0.326 e. The maximum absolute atomic E-state index is 11.9. The zero-order valence-electron chi connectivity index (χ0n) is 8.66. The highest BCUT2D eigenvalue weighted by Gasteiger charge is 2.63. The van der Waals surface area contributed by atoms with Gasteiger partial charge in [-0.2, -0.15) is 0 Å². The number of piperidine rings is 1. The molecule has 1 aliphatic carbocycles. The molecule has 1 saturated carbocycles. The van der Waals surface area contributed by atoms with Crippen molar-refractivity contribution in [2.24, 2.45) is 5.92 Å². The Morgan fingerprint density at radius 1 is 1.50 bits per heavy atom. The van der Waals surface area contributed by atoms with Crippen molar-refractivity contribution in [3.63, 3.8) is 0 Å². The maximum atomic E-state index is 11.9. The predicted octanol–water partition coefficient (Wildman–Crippen LogP) is 1.18. The Hall–Kier alpha value is -0.570. The molecule has 0 aromatic carbocycles. The molecule has 0 aromatic heterocycles. The van der Waals surface area contributed by atoms with E-state index in [9.17, 15) is 4.79 Å². The number of rotatable bonds is 1. The fraction of sp³-hybridized carbons (Fsp3) is 0.909. The van der Waals surface area contributed by atoms with Gasteiger partial charge >= 0.3 is 5.97 Å². The number of ether oxygens (including phenoxy) is 1. The standard InChI is InChI=1S/C11H17NO2/c1-14-10(13)11-5-2-6-12(11)9-4-3-8(11)7-9/h8-9H,2-7H2,1H3. The Morgan fingerprint density at radius 2 is 2.36 bits per heavy atom. The van der Waals surface area contributed by atoms with Gasteiger partial charge in [-0.25, -0.2) is 0 Å². The third-order valence-corrected chi connectivity index (χ3v) is 4.53. The lowest BCUT2D eigenvalue weighted by atomic mass is 9.82. The minimum absolute atomic E-state index is 0.0298. The van der Waals surface area contributed by atoms with E-state index in [0.29, 0.717) is 12.0 Å². The van der Waals surface area contributed by atoms with Crippen LogP contribution in [-0.2, 0) is 9.53 Å². The minimum Gasteiger partial charge on any atom is -0.468 e. The number of hydrogen-bond acceptors (Lipinski definition) is 3. The van der Waals surface area contributed by atoms with Crippen molar-refractivity contribution in [2.75, 3.05) is 13.7 Å². The Balaban J connectivity index is 1.99. The molecular weight excluding hydrogens is 178 g/mol. The van der Waals surface area contributed by atoms with Crippen LogP contribution in [0.15, 0.2) is 0 Å². The van der Waals surface area contributed by atoms with Gasteiger partial charge in [-0.15, -0.1) is 0 Å². The average molecular weight is 195 g/mol. The predicted molar refractivity (Wildman–Crippen MR) is 51.8 cm³/mol. The van der Waals surface area contributed by atoms with Crippen LogP contribution in [0.1, 0.15) is 32.1 Å². The molecule has 0 spiro atoms. The van der Waals surface area contributed by atoms with Crippen LogP contribution in [-0.4, -0.2) is 36.1 Å². The van der Waals surface area contributed by atoms with Gasteiger partial charge in [0.25, 0.3) is 0 Å². The summed E-state index contributed by atoms with van der Waals surface area (Å²) in [4.78, 5) is 14.4. The van der Waals surface area contributed by atoms with Crippen molar-refractivity contribution in [1.29, 1.82) is 0 Å². The fourth-order valence-electron chi connectivity index (χ4n) is 4.05. The first-order chi connectivity index (χ1) is 6.79. The number of esters is 1. The van der Waals surface area contributed by atoms with E-state index in [1.165, 1.54) is 32.8 Å². The lowest BCUT2D eigenvalue weighted by molar-refractivity contribution is -0.156. The van der Waals surface area contributed by atoms with Crippen molar-refractivity contribution < 1.29 is 9.53 Å². The lowest BCUT2D eigenvalue weighted by Gasteiger charge is -2.39. The van der Waals surface area contributed by atoms with Gasteiger partial charge in [0, 0.05) is 6.04 Å². The van der Waals surface area contributed by atoms with Crippen LogP contribution in [0, 0.1) is 5.92 Å². The summed E-state index contributed by atoms with van der Waals surface area (Å²) in [5.41, 5.74) is -0.197. The molecule has 2 saturated heterocycles. The molecule has 3 unspecified atom stereocenters. The van der Waals surface area contributed by atoms with Gasteiger partial charge in [0.15, 0.2) is 0 Å². The van der Waals surface area contributed by atoms with E-state index in [4.69, 9.17) is 4.74 Å². The van der Waals surface area contributed by atoms with Gasteiger partial charge in [-0.1, -0.05) is 0 Å². The molecule has 2 bridgehead atoms. The van der Waals surface area contributed by atoms with Gasteiger partial charge in [0.1, 0.15) is 5.54 Å². The molecular formula is C11H17NO2. The van der Waals surface area contributed by atoms with Crippen LogP contribution < -0.4 is 0 Å². The number of hydrogen-bond donors (Lipinski definition) is 0. The molecule has 3 fully saturated rings. The molecule has 0 aromatic rings.